The van der Waals surface area contributed by atoms with Crippen LogP contribution in [0, 0.1) is 0 Å². The zero-order valence-electron chi connectivity index (χ0n) is 14.0. The summed E-state index contributed by atoms with van der Waals surface area (Å²) >= 11 is 0. The Labute approximate surface area is 149 Å². The lowest BCUT2D eigenvalue weighted by molar-refractivity contribution is -0.154. The van der Waals surface area contributed by atoms with E-state index in [0.717, 1.165) is 5.56 Å². The molecule has 1 aliphatic heterocycles. The van der Waals surface area contributed by atoms with Crippen molar-refractivity contribution in [3.63, 3.8) is 0 Å². The van der Waals surface area contributed by atoms with Gasteiger partial charge in [0.05, 0.1) is 17.5 Å². The third-order valence-corrected chi connectivity index (χ3v) is 3.66. The molecule has 0 radical (unpaired) electrons. The molecule has 1 aliphatic rings. The van der Waals surface area contributed by atoms with Crippen LogP contribution in [0.3, 0.4) is 0 Å². The number of ether oxygens (including phenoxy) is 1. The van der Waals surface area contributed by atoms with Crippen LogP contribution in [0.15, 0.2) is 48.5 Å². The average Bonchev–Trinajstić information content (AvgIpc) is 2.54. The van der Waals surface area contributed by atoms with Crippen LogP contribution in [0.1, 0.15) is 38.8 Å². The van der Waals surface area contributed by atoms with Crippen LogP contribution in [0.5, 0.6) is 0 Å². The molecule has 0 bridgehead atoms. The van der Waals surface area contributed by atoms with Crippen molar-refractivity contribution in [1.29, 1.82) is 0 Å². The molecule has 2 aromatic carbocycles. The number of hydrogen-bond donors (Lipinski definition) is 3. The summed E-state index contributed by atoms with van der Waals surface area (Å²) in [6.45, 7) is 1.49. The number of carboxylic acid groups (broad SMARTS) is 2. The zero-order valence-corrected chi connectivity index (χ0v) is 14.0. The van der Waals surface area contributed by atoms with Gasteiger partial charge in [-0.05, 0) is 23.3 Å². The predicted molar refractivity (Wildman–Crippen MR) is 90.9 cm³/mol. The largest absolute Gasteiger partial charge is 0.481 e. The molecule has 0 aliphatic carbocycles. The molecule has 3 N–H and O–H groups in total. The molecule has 3 rings (SSSR count). The minimum absolute atomic E-state index is 0.0462. The van der Waals surface area contributed by atoms with E-state index in [1.807, 2.05) is 12.1 Å². The maximum Gasteiger partial charge on any atom is 0.340 e. The van der Waals surface area contributed by atoms with Crippen LogP contribution < -0.4 is 0 Å². The molecule has 0 unspecified atom stereocenters. The second-order valence-electron chi connectivity index (χ2n) is 5.93. The molecule has 0 saturated heterocycles. The molecule has 0 spiro atoms. The fourth-order valence-electron chi connectivity index (χ4n) is 2.56. The fraction of sp³-hybridized carbons (Fsp3) is 0.211. The van der Waals surface area contributed by atoms with E-state index < -0.39 is 23.7 Å². The summed E-state index contributed by atoms with van der Waals surface area (Å²) in [7, 11) is 0. The fourth-order valence-corrected chi connectivity index (χ4v) is 2.56. The van der Waals surface area contributed by atoms with E-state index in [1.54, 1.807) is 24.3 Å². The van der Waals surface area contributed by atoms with Crippen molar-refractivity contribution in [2.45, 2.75) is 25.6 Å². The van der Waals surface area contributed by atoms with E-state index in [1.165, 1.54) is 19.1 Å². The molecule has 7 nitrogen and oxygen atoms in total. The Kier molecular flexibility index (Phi) is 5.74. The number of fused-ring (bicyclic) bond motifs is 1. The van der Waals surface area contributed by atoms with E-state index in [-0.39, 0.29) is 12.0 Å². The van der Waals surface area contributed by atoms with Gasteiger partial charge in [-0.25, -0.2) is 9.59 Å². The monoisotopic (exact) mass is 358 g/mol. The lowest BCUT2D eigenvalue weighted by atomic mass is 9.97. The van der Waals surface area contributed by atoms with E-state index in [9.17, 15) is 19.5 Å². The van der Waals surface area contributed by atoms with Crippen LogP contribution >= 0.6 is 0 Å². The van der Waals surface area contributed by atoms with Crippen molar-refractivity contribution in [3.8, 4) is 0 Å². The van der Waals surface area contributed by atoms with E-state index in [0.29, 0.717) is 17.5 Å². The summed E-state index contributed by atoms with van der Waals surface area (Å²) in [6.07, 6.45) is 0.0946. The van der Waals surface area contributed by atoms with Crippen LogP contribution in [-0.2, 0) is 22.4 Å². The summed E-state index contributed by atoms with van der Waals surface area (Å²) in [5.74, 6) is -3.94. The van der Waals surface area contributed by atoms with Gasteiger partial charge in [0.1, 0.15) is 0 Å². The van der Waals surface area contributed by atoms with Gasteiger partial charge >= 0.3 is 17.9 Å². The summed E-state index contributed by atoms with van der Waals surface area (Å²) in [4.78, 5) is 32.3. The van der Waals surface area contributed by atoms with Gasteiger partial charge in [0.15, 0.2) is 0 Å². The van der Waals surface area contributed by atoms with E-state index in [4.69, 9.17) is 14.9 Å². The van der Waals surface area contributed by atoms with Crippen molar-refractivity contribution >= 4 is 17.9 Å². The number of rotatable bonds is 3. The molecule has 0 fully saturated rings. The smallest absolute Gasteiger partial charge is 0.340 e. The third-order valence-electron chi connectivity index (χ3n) is 3.66. The number of esters is 1. The summed E-state index contributed by atoms with van der Waals surface area (Å²) in [5.41, 5.74) is 1.75. The summed E-state index contributed by atoms with van der Waals surface area (Å²) in [6, 6.07) is 13.2. The normalized spacial score (nSPS) is 18.0. The Morgan fingerprint density at radius 1 is 1.08 bits per heavy atom. The number of carboxylic acids is 2. The van der Waals surface area contributed by atoms with Gasteiger partial charge in [0, 0.05) is 13.3 Å². The van der Waals surface area contributed by atoms with Crippen LogP contribution in [0.4, 0.5) is 0 Å². The first-order chi connectivity index (χ1) is 12.2. The Balaban J connectivity index is 0.000000187. The van der Waals surface area contributed by atoms with E-state index in [2.05, 4.69) is 0 Å². The van der Waals surface area contributed by atoms with Gasteiger partial charge in [-0.1, -0.05) is 36.4 Å². The van der Waals surface area contributed by atoms with Crippen LogP contribution in [0.25, 0.3) is 0 Å². The number of aliphatic hydroxyl groups is 1. The highest BCUT2D eigenvalue weighted by Crippen LogP contribution is 2.25. The van der Waals surface area contributed by atoms with Crippen molar-refractivity contribution in [2.75, 3.05) is 0 Å². The number of carbonyl (C=O) groups excluding carboxylic acids is 1. The van der Waals surface area contributed by atoms with Gasteiger partial charge in [-0.3, -0.25) is 4.79 Å². The first-order valence-electron chi connectivity index (χ1n) is 7.76. The highest BCUT2D eigenvalue weighted by atomic mass is 16.7. The lowest BCUT2D eigenvalue weighted by Crippen LogP contribution is -2.38. The number of benzene rings is 2. The minimum Gasteiger partial charge on any atom is -0.481 e. The summed E-state index contributed by atoms with van der Waals surface area (Å²) < 4.78 is 4.82. The van der Waals surface area contributed by atoms with Gasteiger partial charge < -0.3 is 20.1 Å². The number of carbonyl (C=O) groups is 3. The van der Waals surface area contributed by atoms with Crippen molar-refractivity contribution in [3.05, 3.63) is 70.8 Å². The molecular formula is C19H18O7. The quantitative estimate of drug-likeness (QED) is 0.719. The van der Waals surface area contributed by atoms with Gasteiger partial charge in [-0.15, -0.1) is 0 Å². The average molecular weight is 358 g/mol. The molecule has 2 aromatic rings. The lowest BCUT2D eigenvalue weighted by Gasteiger charge is -2.29. The van der Waals surface area contributed by atoms with E-state index >= 15 is 0 Å². The van der Waals surface area contributed by atoms with Crippen molar-refractivity contribution in [1.82, 2.24) is 0 Å². The second-order valence-corrected chi connectivity index (χ2v) is 5.93. The summed E-state index contributed by atoms with van der Waals surface area (Å²) in [5, 5.41) is 26.7. The molecular weight excluding hydrogens is 340 g/mol. The first-order valence-corrected chi connectivity index (χ1v) is 7.76. The molecule has 1 heterocycles. The maximum absolute atomic E-state index is 11.3. The predicted octanol–water partition coefficient (Wildman–Crippen LogP) is 2.12. The standard InChI is InChI=1S/C10H10O3.C9H8O4/c1-10(12)6-7-4-2-3-5-8(7)9(11)13-10;10-8(11)5-6-3-1-2-4-7(6)9(12)13/h2-5,12H,6H2,1H3;1-4H,5H2,(H,10,11)(H,12,13)/t10-;/m1./s1. The molecule has 1 atom stereocenters. The molecule has 7 heteroatoms. The Morgan fingerprint density at radius 2 is 1.69 bits per heavy atom. The highest BCUT2D eigenvalue weighted by molar-refractivity contribution is 5.92. The Hall–Kier alpha value is -3.19. The zero-order chi connectivity index (χ0) is 19.3. The second kappa shape index (κ2) is 7.79. The van der Waals surface area contributed by atoms with Gasteiger partial charge in [0.2, 0.25) is 5.79 Å². The highest BCUT2D eigenvalue weighted by Gasteiger charge is 2.33. The molecule has 26 heavy (non-hydrogen) atoms. The Morgan fingerprint density at radius 3 is 2.35 bits per heavy atom. The van der Waals surface area contributed by atoms with Gasteiger partial charge in [0.25, 0.3) is 0 Å². The SMILES string of the molecule is C[C@]1(O)Cc2ccccc2C(=O)O1.O=C(O)Cc1ccccc1C(=O)O. The topological polar surface area (TPSA) is 121 Å². The number of hydrogen-bond acceptors (Lipinski definition) is 5. The number of cyclic esters (lactones) is 1. The molecule has 0 aromatic heterocycles. The minimum atomic E-state index is -1.36. The molecule has 0 saturated carbocycles. The molecule has 0 amide bonds. The Bertz CT molecular complexity index is 839. The van der Waals surface area contributed by atoms with Crippen LogP contribution in [-0.4, -0.2) is 39.0 Å². The van der Waals surface area contributed by atoms with Crippen molar-refractivity contribution < 1.29 is 34.4 Å². The van der Waals surface area contributed by atoms with Gasteiger partial charge in [-0.2, -0.15) is 0 Å². The maximum atomic E-state index is 11.3. The van der Waals surface area contributed by atoms with Crippen molar-refractivity contribution in [2.24, 2.45) is 0 Å². The number of aromatic carboxylic acids is 1. The molecule has 136 valence electrons. The number of aliphatic carboxylic acids is 1. The van der Waals surface area contributed by atoms with Crippen LogP contribution in [0.2, 0.25) is 0 Å². The third kappa shape index (κ3) is 4.90. The first kappa shape index (κ1) is 19.1.